The van der Waals surface area contributed by atoms with Crippen LogP contribution in [0.1, 0.15) is 15.9 Å². The minimum Gasteiger partial charge on any atom is -0.373 e. The molecule has 0 aliphatic rings. The van der Waals surface area contributed by atoms with Crippen molar-refractivity contribution in [3.8, 4) is 0 Å². The molecule has 1 heterocycles. The molecule has 5 nitrogen and oxygen atoms in total. The fraction of sp³-hybridized carbons (Fsp3) is 0.188. The number of carbonyl (C=O) groups is 1. The molecule has 8 heteroatoms. The van der Waals surface area contributed by atoms with Gasteiger partial charge in [-0.2, -0.15) is 0 Å². The van der Waals surface area contributed by atoms with E-state index in [1.807, 2.05) is 24.3 Å². The summed E-state index contributed by atoms with van der Waals surface area (Å²) in [6.45, 7) is 0.393. The Bertz CT molecular complexity index is 736. The number of rotatable bonds is 6. The second-order valence-electron chi connectivity index (χ2n) is 4.85. The van der Waals surface area contributed by atoms with Crippen LogP contribution < -0.4 is 5.32 Å². The lowest BCUT2D eigenvalue weighted by Gasteiger charge is -2.09. The van der Waals surface area contributed by atoms with Crippen molar-refractivity contribution in [3.63, 3.8) is 0 Å². The molecule has 0 bridgehead atoms. The molecule has 2 rings (SSSR count). The van der Waals surface area contributed by atoms with Gasteiger partial charge in [-0.1, -0.05) is 46.9 Å². The van der Waals surface area contributed by atoms with Crippen LogP contribution in [-0.4, -0.2) is 29.9 Å². The van der Waals surface area contributed by atoms with E-state index in [1.54, 1.807) is 0 Å². The molecule has 0 aliphatic heterocycles. The first-order valence-electron chi connectivity index (χ1n) is 6.97. The van der Waals surface area contributed by atoms with Gasteiger partial charge in [0.1, 0.15) is 17.6 Å². The van der Waals surface area contributed by atoms with Gasteiger partial charge in [-0.05, 0) is 30.2 Å². The highest BCUT2D eigenvalue weighted by molar-refractivity contribution is 6.35. The highest BCUT2D eigenvalue weighted by Gasteiger charge is 2.13. The molecule has 2 N–H and O–H groups in total. The zero-order valence-electron chi connectivity index (χ0n) is 12.5. The van der Waals surface area contributed by atoms with Gasteiger partial charge < -0.3 is 10.1 Å². The first-order chi connectivity index (χ1) is 11.5. The molecular weight excluding hydrogens is 373 g/mol. The van der Waals surface area contributed by atoms with E-state index in [1.165, 1.54) is 12.3 Å². The first kappa shape index (κ1) is 18.7. The van der Waals surface area contributed by atoms with E-state index in [9.17, 15) is 4.79 Å². The maximum absolute atomic E-state index is 12.0. The lowest BCUT2D eigenvalue weighted by molar-refractivity contribution is 0.0970. The number of halogens is 3. The molecule has 0 atom stereocenters. The van der Waals surface area contributed by atoms with Crippen molar-refractivity contribution in [3.05, 3.63) is 62.9 Å². The van der Waals surface area contributed by atoms with Crippen LogP contribution in [-0.2, 0) is 11.2 Å². The molecule has 0 radical (unpaired) electrons. The van der Waals surface area contributed by atoms with Crippen molar-refractivity contribution in [1.82, 2.24) is 10.3 Å². The maximum Gasteiger partial charge on any atom is 0.259 e. The SMILES string of the molecule is N=C(COCCc1ccc(Cl)cc1)NC(=O)c1cc(Cl)cnc1Cl. The Morgan fingerprint density at radius 1 is 1.17 bits per heavy atom. The number of amidine groups is 1. The third kappa shape index (κ3) is 5.76. The Kier molecular flexibility index (Phi) is 6.99. The summed E-state index contributed by atoms with van der Waals surface area (Å²) in [7, 11) is 0. The average molecular weight is 387 g/mol. The van der Waals surface area contributed by atoms with Gasteiger partial charge in [-0.25, -0.2) is 4.98 Å². The van der Waals surface area contributed by atoms with Crippen molar-refractivity contribution in [2.45, 2.75) is 6.42 Å². The van der Waals surface area contributed by atoms with Crippen LogP contribution in [0.4, 0.5) is 0 Å². The molecular formula is C16H14Cl3N3O2. The first-order valence-corrected chi connectivity index (χ1v) is 8.11. The number of nitrogens with zero attached hydrogens (tertiary/aromatic N) is 1. The van der Waals surface area contributed by atoms with Crippen LogP contribution in [0.5, 0.6) is 0 Å². The molecule has 1 amide bonds. The Labute approximate surface area is 154 Å². The van der Waals surface area contributed by atoms with Gasteiger partial charge in [0.25, 0.3) is 5.91 Å². The third-order valence-corrected chi connectivity index (χ3v) is 3.77. The Morgan fingerprint density at radius 3 is 2.58 bits per heavy atom. The van der Waals surface area contributed by atoms with Crippen LogP contribution in [0.2, 0.25) is 15.2 Å². The van der Waals surface area contributed by atoms with Gasteiger partial charge in [-0.3, -0.25) is 10.2 Å². The summed E-state index contributed by atoms with van der Waals surface area (Å²) >= 11 is 17.4. The fourth-order valence-electron chi connectivity index (χ4n) is 1.84. The van der Waals surface area contributed by atoms with Gasteiger partial charge in [0.05, 0.1) is 17.2 Å². The maximum atomic E-state index is 12.0. The van der Waals surface area contributed by atoms with E-state index in [2.05, 4.69) is 10.3 Å². The Balaban J connectivity index is 1.75. The molecule has 126 valence electrons. The normalized spacial score (nSPS) is 10.5. The Morgan fingerprint density at radius 2 is 1.88 bits per heavy atom. The lowest BCUT2D eigenvalue weighted by Crippen LogP contribution is -2.33. The molecule has 2 aromatic rings. The number of nitrogens with one attached hydrogen (secondary N) is 2. The summed E-state index contributed by atoms with van der Waals surface area (Å²) in [5.74, 6) is -0.631. The molecule has 1 aromatic carbocycles. The fourth-order valence-corrected chi connectivity index (χ4v) is 2.31. The standard InChI is InChI=1S/C16H14Cl3N3O2/c17-11-3-1-10(2-4-11)5-6-24-9-14(20)22-16(23)13-7-12(18)8-21-15(13)19/h1-4,7-8H,5-6,9H2,(H2,20,22,23). The average Bonchev–Trinajstić information content (AvgIpc) is 2.55. The molecule has 0 saturated heterocycles. The van der Waals surface area contributed by atoms with Gasteiger partial charge in [-0.15, -0.1) is 0 Å². The molecule has 1 aromatic heterocycles. The number of amides is 1. The molecule has 0 spiro atoms. The molecule has 0 aliphatic carbocycles. The minimum absolute atomic E-state index is 0.0216. The highest BCUT2D eigenvalue weighted by Crippen LogP contribution is 2.17. The number of hydrogen-bond acceptors (Lipinski definition) is 4. The summed E-state index contributed by atoms with van der Waals surface area (Å²) in [5, 5.41) is 11.1. The summed E-state index contributed by atoms with van der Waals surface area (Å²) < 4.78 is 5.37. The van der Waals surface area contributed by atoms with Gasteiger partial charge >= 0.3 is 0 Å². The van der Waals surface area contributed by atoms with E-state index in [4.69, 9.17) is 44.9 Å². The second kappa shape index (κ2) is 8.99. The zero-order valence-corrected chi connectivity index (χ0v) is 14.8. The van der Waals surface area contributed by atoms with Crippen LogP contribution in [0, 0.1) is 5.41 Å². The van der Waals surface area contributed by atoms with Gasteiger partial charge in [0.2, 0.25) is 0 Å². The number of benzene rings is 1. The number of ether oxygens (including phenoxy) is 1. The van der Waals surface area contributed by atoms with E-state index < -0.39 is 5.91 Å². The third-order valence-electron chi connectivity index (χ3n) is 3.01. The molecule has 24 heavy (non-hydrogen) atoms. The lowest BCUT2D eigenvalue weighted by atomic mass is 10.2. The number of aromatic nitrogens is 1. The summed E-state index contributed by atoms with van der Waals surface area (Å²) in [5.41, 5.74) is 1.18. The predicted octanol–water partition coefficient (Wildman–Crippen LogP) is 4.01. The monoisotopic (exact) mass is 385 g/mol. The van der Waals surface area contributed by atoms with E-state index in [0.29, 0.717) is 18.1 Å². The molecule has 0 unspecified atom stereocenters. The van der Waals surface area contributed by atoms with Crippen molar-refractivity contribution in [1.29, 1.82) is 5.41 Å². The quantitative estimate of drug-likeness (QED) is 0.341. The number of pyridine rings is 1. The molecule has 0 saturated carbocycles. The summed E-state index contributed by atoms with van der Waals surface area (Å²) in [6, 6.07) is 8.82. The number of hydrogen-bond donors (Lipinski definition) is 2. The van der Waals surface area contributed by atoms with Crippen molar-refractivity contribution >= 4 is 46.5 Å². The predicted molar refractivity (Wildman–Crippen MR) is 95.4 cm³/mol. The smallest absolute Gasteiger partial charge is 0.259 e. The second-order valence-corrected chi connectivity index (χ2v) is 6.08. The van der Waals surface area contributed by atoms with Crippen molar-refractivity contribution in [2.24, 2.45) is 0 Å². The largest absolute Gasteiger partial charge is 0.373 e. The van der Waals surface area contributed by atoms with E-state index >= 15 is 0 Å². The van der Waals surface area contributed by atoms with E-state index in [0.717, 1.165) is 5.56 Å². The van der Waals surface area contributed by atoms with Crippen molar-refractivity contribution < 1.29 is 9.53 Å². The van der Waals surface area contributed by atoms with Gasteiger partial charge in [0.15, 0.2) is 0 Å². The number of carbonyl (C=O) groups excluding carboxylic acids is 1. The van der Waals surface area contributed by atoms with Crippen LogP contribution in [0.3, 0.4) is 0 Å². The van der Waals surface area contributed by atoms with E-state index in [-0.39, 0.29) is 28.2 Å². The van der Waals surface area contributed by atoms with Crippen LogP contribution in [0.25, 0.3) is 0 Å². The van der Waals surface area contributed by atoms with Crippen molar-refractivity contribution in [2.75, 3.05) is 13.2 Å². The minimum atomic E-state index is -0.554. The molecule has 0 fully saturated rings. The topological polar surface area (TPSA) is 75.1 Å². The summed E-state index contributed by atoms with van der Waals surface area (Å²) in [4.78, 5) is 15.8. The van der Waals surface area contributed by atoms with Crippen LogP contribution >= 0.6 is 34.8 Å². The highest BCUT2D eigenvalue weighted by atomic mass is 35.5. The Hall–Kier alpha value is -1.66. The summed E-state index contributed by atoms with van der Waals surface area (Å²) in [6.07, 6.45) is 2.02. The van der Waals surface area contributed by atoms with Crippen LogP contribution in [0.15, 0.2) is 36.5 Å². The van der Waals surface area contributed by atoms with Gasteiger partial charge in [0, 0.05) is 11.2 Å². The zero-order chi connectivity index (χ0) is 17.5.